The average molecular weight is 462 g/mol. The molecule has 0 aromatic heterocycles. The molecule has 0 N–H and O–H groups in total. The number of carbonyl (C=O) groups is 1. The van der Waals surface area contributed by atoms with Crippen LogP contribution in [0.3, 0.4) is 0 Å². The molecule has 3 nitrogen and oxygen atoms in total. The number of likely N-dealkylation sites (N-methyl/N-ethyl adjacent to an activating group) is 1. The van der Waals surface area contributed by atoms with Gasteiger partial charge in [-0.1, -0.05) is 0 Å². The van der Waals surface area contributed by atoms with Crippen molar-refractivity contribution in [2.75, 3.05) is 6.54 Å². The number of nitrogens with zero attached hydrogens (tertiary/aromatic N) is 2. The quantitative estimate of drug-likeness (QED) is 0.333. The van der Waals surface area contributed by atoms with Crippen molar-refractivity contribution in [2.45, 2.75) is 24.8 Å². The SMILES string of the molecule is CCN1C(c2ccc(F)cc2)=NC(C(F)(F)F)(C(F)(F)F)/C1=C/C(=O)c1ccc(F)cc1. The first-order valence-electron chi connectivity index (χ1n) is 9.10. The molecule has 3 rings (SSSR count). The van der Waals surface area contributed by atoms with E-state index < -0.39 is 53.4 Å². The largest absolute Gasteiger partial charge is 0.428 e. The van der Waals surface area contributed by atoms with E-state index in [1.165, 1.54) is 6.92 Å². The summed E-state index contributed by atoms with van der Waals surface area (Å²) >= 11 is 0. The maximum atomic E-state index is 14.0. The minimum absolute atomic E-state index is 0.205. The first-order valence-corrected chi connectivity index (χ1v) is 9.10. The topological polar surface area (TPSA) is 32.7 Å². The lowest BCUT2D eigenvalue weighted by Crippen LogP contribution is -2.57. The number of alkyl halides is 6. The summed E-state index contributed by atoms with van der Waals surface area (Å²) in [5.74, 6) is -3.42. The number of aliphatic imine (C=N–C) groups is 1. The number of allylic oxidation sites excluding steroid dienone is 1. The molecule has 170 valence electrons. The number of halogens is 8. The highest BCUT2D eigenvalue weighted by Gasteiger charge is 2.76. The zero-order valence-corrected chi connectivity index (χ0v) is 16.2. The van der Waals surface area contributed by atoms with E-state index in [1.54, 1.807) is 0 Å². The van der Waals surface area contributed by atoms with Crippen molar-refractivity contribution in [1.82, 2.24) is 4.90 Å². The van der Waals surface area contributed by atoms with Crippen LogP contribution in [-0.2, 0) is 0 Å². The number of hydrogen-bond acceptors (Lipinski definition) is 3. The number of benzene rings is 2. The van der Waals surface area contributed by atoms with Crippen LogP contribution in [0.4, 0.5) is 35.1 Å². The molecule has 0 amide bonds. The summed E-state index contributed by atoms with van der Waals surface area (Å²) in [5, 5.41) is 0. The Morgan fingerprint density at radius 1 is 0.906 bits per heavy atom. The van der Waals surface area contributed by atoms with Crippen LogP contribution in [0.2, 0.25) is 0 Å². The fraction of sp³-hybridized carbons (Fsp3) is 0.238. The third-order valence-corrected chi connectivity index (χ3v) is 4.83. The van der Waals surface area contributed by atoms with Gasteiger partial charge in [0.15, 0.2) is 5.78 Å². The van der Waals surface area contributed by atoms with Crippen molar-refractivity contribution in [2.24, 2.45) is 4.99 Å². The lowest BCUT2D eigenvalue weighted by atomic mass is 9.92. The minimum Gasteiger partial charge on any atom is -0.327 e. The van der Waals surface area contributed by atoms with Gasteiger partial charge in [0.1, 0.15) is 17.5 Å². The van der Waals surface area contributed by atoms with Crippen LogP contribution in [0, 0.1) is 11.6 Å². The van der Waals surface area contributed by atoms with Crippen LogP contribution in [-0.4, -0.2) is 41.0 Å². The molecule has 0 fully saturated rings. The van der Waals surface area contributed by atoms with Gasteiger partial charge < -0.3 is 4.90 Å². The second-order valence-corrected chi connectivity index (χ2v) is 6.79. The first-order chi connectivity index (χ1) is 14.8. The van der Waals surface area contributed by atoms with E-state index in [0.29, 0.717) is 4.90 Å². The molecular formula is C21H14F8N2O. The fourth-order valence-electron chi connectivity index (χ4n) is 3.31. The Kier molecular flexibility index (Phi) is 5.88. The van der Waals surface area contributed by atoms with Crippen LogP contribution in [0.15, 0.2) is 65.3 Å². The summed E-state index contributed by atoms with van der Waals surface area (Å²) < 4.78 is 110. The Morgan fingerprint density at radius 3 is 1.81 bits per heavy atom. The third-order valence-electron chi connectivity index (χ3n) is 4.83. The molecule has 0 saturated heterocycles. The van der Waals surface area contributed by atoms with Crippen LogP contribution < -0.4 is 0 Å². The van der Waals surface area contributed by atoms with Gasteiger partial charge in [-0.15, -0.1) is 0 Å². The predicted molar refractivity (Wildman–Crippen MR) is 99.0 cm³/mol. The van der Waals surface area contributed by atoms with Gasteiger partial charge in [0.2, 0.25) is 0 Å². The van der Waals surface area contributed by atoms with Crippen LogP contribution in [0.25, 0.3) is 0 Å². The zero-order chi connectivity index (χ0) is 23.9. The molecule has 1 aliphatic rings. The minimum atomic E-state index is -5.96. The molecule has 1 heterocycles. The highest BCUT2D eigenvalue weighted by Crippen LogP contribution is 2.54. The van der Waals surface area contributed by atoms with Crippen molar-refractivity contribution in [3.05, 3.63) is 83.1 Å². The van der Waals surface area contributed by atoms with E-state index in [1.807, 2.05) is 0 Å². The van der Waals surface area contributed by atoms with E-state index in [-0.39, 0.29) is 17.2 Å². The van der Waals surface area contributed by atoms with Crippen molar-refractivity contribution in [3.63, 3.8) is 0 Å². The lowest BCUT2D eigenvalue weighted by Gasteiger charge is -2.34. The molecule has 11 heteroatoms. The van der Waals surface area contributed by atoms with Crippen LogP contribution in [0.1, 0.15) is 22.8 Å². The molecular weight excluding hydrogens is 448 g/mol. The van der Waals surface area contributed by atoms with Gasteiger partial charge in [0.05, 0.1) is 5.70 Å². The lowest BCUT2D eigenvalue weighted by molar-refractivity contribution is -0.282. The van der Waals surface area contributed by atoms with Gasteiger partial charge in [0, 0.05) is 23.7 Å². The first kappa shape index (κ1) is 23.4. The van der Waals surface area contributed by atoms with Crippen LogP contribution >= 0.6 is 0 Å². The third kappa shape index (κ3) is 3.87. The van der Waals surface area contributed by atoms with E-state index in [0.717, 1.165) is 48.5 Å². The molecule has 2 aromatic rings. The molecule has 0 spiro atoms. The monoisotopic (exact) mass is 462 g/mol. The molecule has 0 aliphatic carbocycles. The molecule has 32 heavy (non-hydrogen) atoms. The van der Waals surface area contributed by atoms with Gasteiger partial charge in [-0.25, -0.2) is 13.8 Å². The molecule has 0 saturated carbocycles. The number of hydrogen-bond donors (Lipinski definition) is 0. The second-order valence-electron chi connectivity index (χ2n) is 6.79. The summed E-state index contributed by atoms with van der Waals surface area (Å²) in [6.45, 7) is 0.866. The Labute approximate surface area is 176 Å². The van der Waals surface area contributed by atoms with E-state index >= 15 is 0 Å². The highest BCUT2D eigenvalue weighted by molar-refractivity contribution is 6.08. The zero-order valence-electron chi connectivity index (χ0n) is 16.2. The van der Waals surface area contributed by atoms with Crippen LogP contribution in [0.5, 0.6) is 0 Å². The number of ketones is 1. The Balaban J connectivity index is 2.27. The maximum Gasteiger partial charge on any atom is 0.428 e. The second kappa shape index (κ2) is 8.03. The molecule has 0 bridgehead atoms. The van der Waals surface area contributed by atoms with E-state index in [4.69, 9.17) is 0 Å². The van der Waals surface area contributed by atoms with Gasteiger partial charge in [0.25, 0.3) is 5.54 Å². The molecule has 0 unspecified atom stereocenters. The standard InChI is InChI=1S/C21H14F8N2O/c1-2-31-17(11-16(32)12-3-7-14(22)8-4-12)19(20(24,25)26,21(27,28)29)30-18(31)13-5-9-15(23)10-6-13/h3-11H,2H2,1H3/b17-11-. The number of carbonyl (C=O) groups excluding carboxylic acids is 1. The summed E-state index contributed by atoms with van der Waals surface area (Å²) in [4.78, 5) is 16.2. The van der Waals surface area contributed by atoms with Crippen molar-refractivity contribution in [3.8, 4) is 0 Å². The van der Waals surface area contributed by atoms with Crippen molar-refractivity contribution in [1.29, 1.82) is 0 Å². The Bertz CT molecular complexity index is 1050. The molecule has 2 aromatic carbocycles. The summed E-state index contributed by atoms with van der Waals surface area (Å²) in [7, 11) is 0. The van der Waals surface area contributed by atoms with Crippen molar-refractivity contribution >= 4 is 11.6 Å². The number of rotatable bonds is 4. The summed E-state index contributed by atoms with van der Waals surface area (Å²) in [6, 6.07) is 7.26. The van der Waals surface area contributed by atoms with Crippen molar-refractivity contribution < 1.29 is 39.9 Å². The molecule has 0 radical (unpaired) electrons. The van der Waals surface area contributed by atoms with Gasteiger partial charge in [-0.05, 0) is 55.5 Å². The van der Waals surface area contributed by atoms with E-state index in [9.17, 15) is 39.9 Å². The Hall–Kier alpha value is -3.24. The van der Waals surface area contributed by atoms with Gasteiger partial charge >= 0.3 is 12.4 Å². The van der Waals surface area contributed by atoms with Gasteiger partial charge in [-0.3, -0.25) is 4.79 Å². The number of amidine groups is 1. The van der Waals surface area contributed by atoms with E-state index in [2.05, 4.69) is 4.99 Å². The predicted octanol–water partition coefficient (Wildman–Crippen LogP) is 5.68. The average Bonchev–Trinajstić information content (AvgIpc) is 3.04. The fourth-order valence-corrected chi connectivity index (χ4v) is 3.31. The smallest absolute Gasteiger partial charge is 0.327 e. The molecule has 0 atom stereocenters. The summed E-state index contributed by atoms with van der Waals surface area (Å²) in [6.07, 6.45) is -11.7. The maximum absolute atomic E-state index is 14.0. The van der Waals surface area contributed by atoms with Gasteiger partial charge in [-0.2, -0.15) is 26.3 Å². The normalized spacial score (nSPS) is 17.6. The molecule has 1 aliphatic heterocycles. The highest BCUT2D eigenvalue weighted by atomic mass is 19.4. The Morgan fingerprint density at radius 2 is 1.38 bits per heavy atom. The summed E-state index contributed by atoms with van der Waals surface area (Å²) in [5.41, 5.74) is -6.70.